The number of aryl methyl sites for hydroxylation is 1. The molecule has 1 fully saturated rings. The van der Waals surface area contributed by atoms with Crippen molar-refractivity contribution in [3.05, 3.63) is 42.1 Å². The van der Waals surface area contributed by atoms with Gasteiger partial charge >= 0.3 is 0 Å². The zero-order chi connectivity index (χ0) is 16.2. The van der Waals surface area contributed by atoms with Crippen LogP contribution < -0.4 is 9.80 Å². The van der Waals surface area contributed by atoms with Gasteiger partial charge in [0.1, 0.15) is 5.82 Å². The monoisotopic (exact) mass is 311 g/mol. The van der Waals surface area contributed by atoms with E-state index in [0.717, 1.165) is 49.8 Å². The van der Waals surface area contributed by atoms with E-state index in [1.807, 2.05) is 55.3 Å². The number of aromatic nitrogens is 2. The number of nitrogens with zero attached hydrogens (tertiary/aromatic N) is 5. The number of hydrogen-bond acceptors (Lipinski definition) is 5. The highest BCUT2D eigenvalue weighted by Crippen LogP contribution is 2.23. The first-order valence-corrected chi connectivity index (χ1v) is 7.76. The third-order valence-electron chi connectivity index (χ3n) is 4.06. The van der Waals surface area contributed by atoms with Gasteiger partial charge in [0.05, 0.1) is 0 Å². The minimum absolute atomic E-state index is 0.684. The zero-order valence-electron chi connectivity index (χ0n) is 13.5. The lowest BCUT2D eigenvalue weighted by Gasteiger charge is -2.33. The fourth-order valence-corrected chi connectivity index (χ4v) is 2.67. The molecule has 1 saturated heterocycles. The van der Waals surface area contributed by atoms with E-state index in [1.54, 1.807) is 4.90 Å². The summed E-state index contributed by atoms with van der Waals surface area (Å²) >= 11 is 0. The number of benzene rings is 1. The van der Waals surface area contributed by atoms with Gasteiger partial charge in [-0.15, -0.1) is 0 Å². The van der Waals surface area contributed by atoms with Crippen molar-refractivity contribution in [1.82, 2.24) is 14.9 Å². The SMILES string of the molecule is Cc1cc(N2CCN(C=O)CC2)nc(N(C)c2ccccc2)n1. The molecular weight excluding hydrogens is 290 g/mol. The Bertz CT molecular complexity index is 668. The summed E-state index contributed by atoms with van der Waals surface area (Å²) < 4.78 is 0. The number of para-hydroxylation sites is 1. The molecule has 6 nitrogen and oxygen atoms in total. The van der Waals surface area contributed by atoms with E-state index in [-0.39, 0.29) is 0 Å². The van der Waals surface area contributed by atoms with E-state index in [9.17, 15) is 4.79 Å². The molecule has 2 heterocycles. The minimum Gasteiger partial charge on any atom is -0.353 e. The lowest BCUT2D eigenvalue weighted by atomic mass is 10.3. The number of rotatable bonds is 4. The van der Waals surface area contributed by atoms with Crippen molar-refractivity contribution >= 4 is 23.9 Å². The Morgan fingerprint density at radius 1 is 1.09 bits per heavy atom. The van der Waals surface area contributed by atoms with Gasteiger partial charge in [-0.1, -0.05) is 18.2 Å². The Labute approximate surface area is 136 Å². The predicted octanol–water partition coefficient (Wildman–Crippen LogP) is 1.83. The van der Waals surface area contributed by atoms with E-state index in [1.165, 1.54) is 0 Å². The van der Waals surface area contributed by atoms with Crippen molar-refractivity contribution in [2.75, 3.05) is 43.0 Å². The summed E-state index contributed by atoms with van der Waals surface area (Å²) in [6, 6.07) is 12.1. The van der Waals surface area contributed by atoms with Crippen LogP contribution in [0.5, 0.6) is 0 Å². The highest BCUT2D eigenvalue weighted by Gasteiger charge is 2.18. The lowest BCUT2D eigenvalue weighted by Crippen LogP contribution is -2.46. The molecule has 1 aliphatic heterocycles. The van der Waals surface area contributed by atoms with E-state index < -0.39 is 0 Å². The molecular formula is C17H21N5O. The van der Waals surface area contributed by atoms with E-state index in [0.29, 0.717) is 5.95 Å². The summed E-state index contributed by atoms with van der Waals surface area (Å²) in [4.78, 5) is 26.1. The summed E-state index contributed by atoms with van der Waals surface area (Å²) in [5, 5.41) is 0. The topological polar surface area (TPSA) is 52.6 Å². The molecule has 0 radical (unpaired) electrons. The van der Waals surface area contributed by atoms with Gasteiger partial charge in [-0.3, -0.25) is 4.79 Å². The molecule has 0 unspecified atom stereocenters. The van der Waals surface area contributed by atoms with Crippen LogP contribution in [0.4, 0.5) is 17.5 Å². The molecule has 0 bridgehead atoms. The zero-order valence-corrected chi connectivity index (χ0v) is 13.5. The van der Waals surface area contributed by atoms with Crippen LogP contribution in [0, 0.1) is 6.92 Å². The van der Waals surface area contributed by atoms with Crippen LogP contribution in [0.3, 0.4) is 0 Å². The van der Waals surface area contributed by atoms with Crippen molar-refractivity contribution in [1.29, 1.82) is 0 Å². The number of amides is 1. The van der Waals surface area contributed by atoms with Crippen LogP contribution >= 0.6 is 0 Å². The molecule has 23 heavy (non-hydrogen) atoms. The van der Waals surface area contributed by atoms with E-state index >= 15 is 0 Å². The first kappa shape index (κ1) is 15.3. The van der Waals surface area contributed by atoms with Gasteiger partial charge in [-0.05, 0) is 19.1 Å². The summed E-state index contributed by atoms with van der Waals surface area (Å²) in [6.45, 7) is 5.04. The second kappa shape index (κ2) is 6.64. The third kappa shape index (κ3) is 3.41. The number of carbonyl (C=O) groups is 1. The standard InChI is InChI=1S/C17H21N5O/c1-14-12-16(22-10-8-21(13-23)9-11-22)19-17(18-14)20(2)15-6-4-3-5-7-15/h3-7,12-13H,8-11H2,1-2H3. The first-order valence-electron chi connectivity index (χ1n) is 7.76. The first-order chi connectivity index (χ1) is 11.2. The van der Waals surface area contributed by atoms with Crippen LogP contribution in [0.15, 0.2) is 36.4 Å². The molecule has 1 aromatic carbocycles. The summed E-state index contributed by atoms with van der Waals surface area (Å²) in [6.07, 6.45) is 0.914. The Kier molecular flexibility index (Phi) is 4.41. The molecule has 0 aliphatic carbocycles. The van der Waals surface area contributed by atoms with Gasteiger partial charge < -0.3 is 14.7 Å². The maximum absolute atomic E-state index is 10.8. The smallest absolute Gasteiger partial charge is 0.231 e. The number of carbonyl (C=O) groups excluding carboxylic acids is 1. The van der Waals surface area contributed by atoms with Gasteiger partial charge in [0.25, 0.3) is 0 Å². The predicted molar refractivity (Wildman–Crippen MR) is 91.1 cm³/mol. The normalized spacial score (nSPS) is 14.7. The molecule has 120 valence electrons. The van der Waals surface area contributed by atoms with Crippen molar-refractivity contribution < 1.29 is 4.79 Å². The van der Waals surface area contributed by atoms with Gasteiger partial charge in [-0.2, -0.15) is 4.98 Å². The van der Waals surface area contributed by atoms with E-state index in [4.69, 9.17) is 4.98 Å². The summed E-state index contributed by atoms with van der Waals surface area (Å²) in [7, 11) is 1.97. The molecule has 0 saturated carbocycles. The molecule has 2 aromatic rings. The molecule has 0 N–H and O–H groups in total. The number of piperazine rings is 1. The van der Waals surface area contributed by atoms with Crippen molar-refractivity contribution in [3.63, 3.8) is 0 Å². The molecule has 1 aliphatic rings. The second-order valence-corrected chi connectivity index (χ2v) is 5.69. The van der Waals surface area contributed by atoms with Crippen LogP contribution in [-0.4, -0.2) is 54.5 Å². The van der Waals surface area contributed by atoms with Gasteiger partial charge in [0.15, 0.2) is 0 Å². The Morgan fingerprint density at radius 3 is 2.43 bits per heavy atom. The molecule has 1 amide bonds. The van der Waals surface area contributed by atoms with Gasteiger partial charge in [0, 0.05) is 50.7 Å². The summed E-state index contributed by atoms with van der Waals surface area (Å²) in [5.41, 5.74) is 1.99. The Hall–Kier alpha value is -2.63. The Morgan fingerprint density at radius 2 is 1.78 bits per heavy atom. The van der Waals surface area contributed by atoms with Crippen molar-refractivity contribution in [3.8, 4) is 0 Å². The van der Waals surface area contributed by atoms with Gasteiger partial charge in [0.2, 0.25) is 12.4 Å². The fourth-order valence-electron chi connectivity index (χ4n) is 2.67. The quantitative estimate of drug-likeness (QED) is 0.806. The number of hydrogen-bond donors (Lipinski definition) is 0. The second-order valence-electron chi connectivity index (χ2n) is 5.69. The van der Waals surface area contributed by atoms with Crippen LogP contribution in [0.2, 0.25) is 0 Å². The average Bonchev–Trinajstić information content (AvgIpc) is 2.61. The van der Waals surface area contributed by atoms with Crippen molar-refractivity contribution in [2.24, 2.45) is 0 Å². The number of anilines is 3. The fraction of sp³-hybridized carbons (Fsp3) is 0.353. The average molecular weight is 311 g/mol. The minimum atomic E-state index is 0.684. The Balaban J connectivity index is 1.83. The molecule has 6 heteroatoms. The third-order valence-corrected chi connectivity index (χ3v) is 4.06. The van der Waals surface area contributed by atoms with Crippen LogP contribution in [-0.2, 0) is 4.79 Å². The van der Waals surface area contributed by atoms with Crippen LogP contribution in [0.1, 0.15) is 5.69 Å². The molecule has 3 rings (SSSR count). The lowest BCUT2D eigenvalue weighted by molar-refractivity contribution is -0.118. The highest BCUT2D eigenvalue weighted by molar-refractivity contribution is 5.58. The van der Waals surface area contributed by atoms with Gasteiger partial charge in [-0.25, -0.2) is 4.98 Å². The van der Waals surface area contributed by atoms with Crippen LogP contribution in [0.25, 0.3) is 0 Å². The maximum Gasteiger partial charge on any atom is 0.231 e. The summed E-state index contributed by atoms with van der Waals surface area (Å²) in [5.74, 6) is 1.60. The highest BCUT2D eigenvalue weighted by atomic mass is 16.1. The molecule has 1 aromatic heterocycles. The largest absolute Gasteiger partial charge is 0.353 e. The maximum atomic E-state index is 10.8. The van der Waals surface area contributed by atoms with E-state index in [2.05, 4.69) is 9.88 Å². The molecule has 0 atom stereocenters. The van der Waals surface area contributed by atoms with Crippen molar-refractivity contribution in [2.45, 2.75) is 6.92 Å². The molecule has 0 spiro atoms.